The minimum atomic E-state index is -0.538. The van der Waals surface area contributed by atoms with Crippen LogP contribution in [-0.4, -0.2) is 17.9 Å². The van der Waals surface area contributed by atoms with Gasteiger partial charge in [0, 0.05) is 10.7 Å². The van der Waals surface area contributed by atoms with Crippen LogP contribution in [0.15, 0.2) is 72.4 Å². The summed E-state index contributed by atoms with van der Waals surface area (Å²) < 4.78 is 19.1. The first-order chi connectivity index (χ1) is 15.7. The average molecular weight is 465 g/mol. The molecule has 1 aliphatic rings. The van der Waals surface area contributed by atoms with Crippen molar-refractivity contribution >= 4 is 40.4 Å². The van der Waals surface area contributed by atoms with E-state index in [9.17, 15) is 14.0 Å². The van der Waals surface area contributed by atoms with Crippen LogP contribution < -0.4 is 15.0 Å². The number of nitrogens with one attached hydrogen (secondary N) is 1. The summed E-state index contributed by atoms with van der Waals surface area (Å²) in [5, 5.41) is 3.61. The van der Waals surface area contributed by atoms with Gasteiger partial charge >= 0.3 is 0 Å². The molecule has 4 rings (SSSR count). The Morgan fingerprint density at radius 3 is 2.24 bits per heavy atom. The topological polar surface area (TPSA) is 58.6 Å². The lowest BCUT2D eigenvalue weighted by Gasteiger charge is -2.16. The van der Waals surface area contributed by atoms with Crippen LogP contribution in [0.1, 0.15) is 25.0 Å². The molecule has 0 aromatic heterocycles. The highest BCUT2D eigenvalue weighted by molar-refractivity contribution is 6.46. The summed E-state index contributed by atoms with van der Waals surface area (Å²) in [6.45, 7) is 5.72. The number of halogens is 2. The van der Waals surface area contributed by atoms with E-state index >= 15 is 0 Å². The van der Waals surface area contributed by atoms with Crippen molar-refractivity contribution in [2.24, 2.45) is 0 Å². The maximum Gasteiger partial charge on any atom is 0.282 e. The molecule has 3 aromatic rings. The van der Waals surface area contributed by atoms with Crippen LogP contribution in [-0.2, 0) is 9.59 Å². The molecule has 1 N–H and O–H groups in total. The van der Waals surface area contributed by atoms with Crippen molar-refractivity contribution in [3.05, 3.63) is 94.4 Å². The quantitative estimate of drug-likeness (QED) is 0.456. The maximum absolute atomic E-state index is 13.5. The molecule has 0 atom stereocenters. The second kappa shape index (κ2) is 9.08. The number of carbonyl (C=O) groups is 2. The summed E-state index contributed by atoms with van der Waals surface area (Å²) in [7, 11) is 0. The van der Waals surface area contributed by atoms with Gasteiger partial charge in [0.05, 0.1) is 17.4 Å². The minimum absolute atomic E-state index is 0.00163. The zero-order chi connectivity index (χ0) is 23.7. The fourth-order valence-corrected chi connectivity index (χ4v) is 3.75. The van der Waals surface area contributed by atoms with Gasteiger partial charge in [-0.3, -0.25) is 9.59 Å². The Balaban J connectivity index is 1.80. The van der Waals surface area contributed by atoms with Gasteiger partial charge in [-0.2, -0.15) is 0 Å². The molecule has 5 nitrogen and oxygen atoms in total. The molecule has 0 bridgehead atoms. The van der Waals surface area contributed by atoms with Crippen LogP contribution in [0.3, 0.4) is 0 Å². The van der Waals surface area contributed by atoms with Gasteiger partial charge in [-0.15, -0.1) is 0 Å². The number of carbonyl (C=O) groups excluding carboxylic acids is 2. The van der Waals surface area contributed by atoms with Crippen LogP contribution in [0.2, 0.25) is 5.02 Å². The highest BCUT2D eigenvalue weighted by Gasteiger charge is 2.40. The van der Waals surface area contributed by atoms with E-state index in [-0.39, 0.29) is 23.1 Å². The number of amides is 2. The highest BCUT2D eigenvalue weighted by Crippen LogP contribution is 2.35. The van der Waals surface area contributed by atoms with Crippen molar-refractivity contribution in [1.29, 1.82) is 0 Å². The number of benzene rings is 3. The molecule has 33 heavy (non-hydrogen) atoms. The molecule has 7 heteroatoms. The first kappa shape index (κ1) is 22.6. The molecule has 0 fully saturated rings. The molecule has 1 heterocycles. The minimum Gasteiger partial charge on any atom is -0.491 e. The number of anilines is 2. The normalized spacial score (nSPS) is 13.8. The lowest BCUT2D eigenvalue weighted by Crippen LogP contribution is -2.32. The van der Waals surface area contributed by atoms with Gasteiger partial charge in [0.15, 0.2) is 0 Å². The fourth-order valence-electron chi connectivity index (χ4n) is 3.57. The van der Waals surface area contributed by atoms with Crippen LogP contribution >= 0.6 is 11.6 Å². The number of rotatable bonds is 6. The molecule has 0 radical (unpaired) electrons. The number of ether oxygens (including phenoxy) is 1. The molecule has 0 unspecified atom stereocenters. The van der Waals surface area contributed by atoms with E-state index in [1.165, 1.54) is 24.3 Å². The molecule has 1 aliphatic heterocycles. The maximum atomic E-state index is 13.5. The van der Waals surface area contributed by atoms with E-state index in [1.807, 2.05) is 26.8 Å². The third-order valence-corrected chi connectivity index (χ3v) is 5.38. The van der Waals surface area contributed by atoms with Gasteiger partial charge in [-0.05, 0) is 80.4 Å². The summed E-state index contributed by atoms with van der Waals surface area (Å²) in [5.74, 6) is -0.851. The van der Waals surface area contributed by atoms with Crippen LogP contribution in [0.4, 0.5) is 15.8 Å². The van der Waals surface area contributed by atoms with E-state index in [4.69, 9.17) is 16.3 Å². The fraction of sp³-hybridized carbons (Fsp3) is 0.154. The highest BCUT2D eigenvalue weighted by atomic mass is 35.5. The standard InChI is InChI=1S/C26H22ClFN2O3/c1-15(2)33-21-12-5-17(6-13-21)23-24(29-22-14-18(27)7-4-16(22)3)26(32)30(25(23)31)20-10-8-19(28)9-11-20/h4-15,29H,1-3H3. The predicted octanol–water partition coefficient (Wildman–Crippen LogP) is 5.97. The van der Waals surface area contributed by atoms with E-state index in [0.717, 1.165) is 10.5 Å². The van der Waals surface area contributed by atoms with Crippen molar-refractivity contribution in [2.45, 2.75) is 26.9 Å². The largest absolute Gasteiger partial charge is 0.491 e. The smallest absolute Gasteiger partial charge is 0.282 e. The molecular formula is C26H22ClFN2O3. The summed E-state index contributed by atoms with van der Waals surface area (Å²) in [6, 6.07) is 17.5. The number of hydrogen-bond donors (Lipinski definition) is 1. The SMILES string of the molecule is Cc1ccc(Cl)cc1NC1=C(c2ccc(OC(C)C)cc2)C(=O)N(c2ccc(F)cc2)C1=O. The Morgan fingerprint density at radius 2 is 1.61 bits per heavy atom. The third kappa shape index (κ3) is 4.61. The second-order valence-corrected chi connectivity index (χ2v) is 8.38. The molecule has 0 saturated carbocycles. The number of imide groups is 1. The van der Waals surface area contributed by atoms with Crippen molar-refractivity contribution in [3.63, 3.8) is 0 Å². The Labute approximate surface area is 196 Å². The number of hydrogen-bond acceptors (Lipinski definition) is 4. The van der Waals surface area contributed by atoms with E-state index in [2.05, 4.69) is 5.32 Å². The first-order valence-corrected chi connectivity index (χ1v) is 10.8. The van der Waals surface area contributed by atoms with E-state index in [0.29, 0.717) is 22.0 Å². The Kier molecular flexibility index (Phi) is 6.20. The van der Waals surface area contributed by atoms with Gasteiger partial charge in [-0.25, -0.2) is 9.29 Å². The van der Waals surface area contributed by atoms with Crippen molar-refractivity contribution in [1.82, 2.24) is 0 Å². The Bertz CT molecular complexity index is 1250. The lowest BCUT2D eigenvalue weighted by molar-refractivity contribution is -0.120. The Hall–Kier alpha value is -3.64. The van der Waals surface area contributed by atoms with Crippen molar-refractivity contribution in [2.75, 3.05) is 10.2 Å². The monoisotopic (exact) mass is 464 g/mol. The molecule has 0 saturated heterocycles. The van der Waals surface area contributed by atoms with Crippen LogP contribution in [0.5, 0.6) is 5.75 Å². The first-order valence-electron chi connectivity index (χ1n) is 10.4. The van der Waals surface area contributed by atoms with Gasteiger partial charge < -0.3 is 10.1 Å². The van der Waals surface area contributed by atoms with Gasteiger partial charge in [0.1, 0.15) is 17.3 Å². The van der Waals surface area contributed by atoms with E-state index in [1.54, 1.807) is 36.4 Å². The predicted molar refractivity (Wildman–Crippen MR) is 128 cm³/mol. The number of nitrogens with zero attached hydrogens (tertiary/aromatic N) is 1. The van der Waals surface area contributed by atoms with Crippen LogP contribution in [0, 0.1) is 12.7 Å². The number of aryl methyl sites for hydroxylation is 1. The molecule has 0 aliphatic carbocycles. The average Bonchev–Trinajstić information content (AvgIpc) is 3.01. The second-order valence-electron chi connectivity index (χ2n) is 7.95. The molecular weight excluding hydrogens is 443 g/mol. The van der Waals surface area contributed by atoms with E-state index < -0.39 is 17.6 Å². The zero-order valence-corrected chi connectivity index (χ0v) is 19.1. The van der Waals surface area contributed by atoms with Gasteiger partial charge in [-0.1, -0.05) is 29.8 Å². The van der Waals surface area contributed by atoms with Crippen molar-refractivity contribution < 1.29 is 18.7 Å². The third-order valence-electron chi connectivity index (χ3n) is 5.14. The lowest BCUT2D eigenvalue weighted by atomic mass is 10.0. The summed E-state index contributed by atoms with van der Waals surface area (Å²) >= 11 is 6.15. The van der Waals surface area contributed by atoms with Gasteiger partial charge in [0.25, 0.3) is 11.8 Å². The molecule has 3 aromatic carbocycles. The summed E-state index contributed by atoms with van der Waals surface area (Å²) in [5.41, 5.74) is 2.62. The Morgan fingerprint density at radius 1 is 0.939 bits per heavy atom. The summed E-state index contributed by atoms with van der Waals surface area (Å²) in [6.07, 6.45) is 0.00163. The van der Waals surface area contributed by atoms with Crippen LogP contribution in [0.25, 0.3) is 5.57 Å². The van der Waals surface area contributed by atoms with Gasteiger partial charge in [0.2, 0.25) is 0 Å². The summed E-state index contributed by atoms with van der Waals surface area (Å²) in [4.78, 5) is 27.9. The molecule has 0 spiro atoms. The molecule has 2 amide bonds. The van der Waals surface area contributed by atoms with Crippen molar-refractivity contribution in [3.8, 4) is 5.75 Å². The zero-order valence-electron chi connectivity index (χ0n) is 18.4. The molecule has 168 valence electrons.